The van der Waals surface area contributed by atoms with E-state index in [2.05, 4.69) is 30.2 Å². The Morgan fingerprint density at radius 1 is 1.29 bits per heavy atom. The van der Waals surface area contributed by atoms with Crippen LogP contribution >= 0.6 is 0 Å². The van der Waals surface area contributed by atoms with Gasteiger partial charge in [0.1, 0.15) is 5.75 Å². The van der Waals surface area contributed by atoms with Gasteiger partial charge in [-0.15, -0.1) is 0 Å². The van der Waals surface area contributed by atoms with E-state index in [4.69, 9.17) is 4.74 Å². The molecule has 90 valence electrons. The maximum atomic E-state index is 5.22. The van der Waals surface area contributed by atoms with Gasteiger partial charge in [0.05, 0.1) is 12.8 Å². The molecule has 0 amide bonds. The monoisotopic (exact) mass is 230 g/mol. The zero-order chi connectivity index (χ0) is 12.3. The maximum Gasteiger partial charge on any atom is 0.119 e. The van der Waals surface area contributed by atoms with Gasteiger partial charge in [-0.2, -0.15) is 0 Å². The highest BCUT2D eigenvalue weighted by molar-refractivity contribution is 5.85. The summed E-state index contributed by atoms with van der Waals surface area (Å²) in [7, 11) is 1.68. The lowest BCUT2D eigenvalue weighted by molar-refractivity contribution is 0.415. The summed E-state index contributed by atoms with van der Waals surface area (Å²) in [5, 5.41) is 5.74. The SMILES string of the molecule is COc1ccc2c(CNC(C)C)nccc2c1. The van der Waals surface area contributed by atoms with Crippen LogP contribution in [0.3, 0.4) is 0 Å². The molecule has 1 aromatic carbocycles. The third kappa shape index (κ3) is 2.74. The van der Waals surface area contributed by atoms with Gasteiger partial charge in [-0.1, -0.05) is 13.8 Å². The first kappa shape index (κ1) is 11.9. The van der Waals surface area contributed by atoms with Crippen molar-refractivity contribution in [1.82, 2.24) is 10.3 Å². The number of rotatable bonds is 4. The Labute approximate surface area is 102 Å². The first-order chi connectivity index (χ1) is 8.20. The summed E-state index contributed by atoms with van der Waals surface area (Å²) in [6.45, 7) is 5.06. The zero-order valence-corrected chi connectivity index (χ0v) is 10.5. The first-order valence-corrected chi connectivity index (χ1v) is 5.85. The lowest BCUT2D eigenvalue weighted by Crippen LogP contribution is -2.22. The molecule has 0 saturated carbocycles. The number of benzene rings is 1. The van der Waals surface area contributed by atoms with Gasteiger partial charge in [-0.25, -0.2) is 0 Å². The lowest BCUT2D eigenvalue weighted by atomic mass is 10.1. The van der Waals surface area contributed by atoms with Crippen molar-refractivity contribution in [1.29, 1.82) is 0 Å². The average molecular weight is 230 g/mol. The number of aromatic nitrogens is 1. The van der Waals surface area contributed by atoms with Crippen LogP contribution in [0.15, 0.2) is 30.5 Å². The number of pyridine rings is 1. The summed E-state index contributed by atoms with van der Waals surface area (Å²) in [5.74, 6) is 0.881. The van der Waals surface area contributed by atoms with Gasteiger partial charge in [0.25, 0.3) is 0 Å². The molecule has 0 saturated heterocycles. The highest BCUT2D eigenvalue weighted by atomic mass is 16.5. The standard InChI is InChI=1S/C14H18N2O/c1-10(2)16-9-14-13-5-4-12(17-3)8-11(13)6-7-15-14/h4-8,10,16H,9H2,1-3H3. The molecule has 1 aromatic heterocycles. The number of nitrogens with zero attached hydrogens (tertiary/aromatic N) is 1. The largest absolute Gasteiger partial charge is 0.497 e. The molecule has 2 rings (SSSR count). The van der Waals surface area contributed by atoms with E-state index >= 15 is 0 Å². The van der Waals surface area contributed by atoms with Crippen LogP contribution in [0, 0.1) is 0 Å². The Balaban J connectivity index is 2.36. The molecule has 1 N–H and O–H groups in total. The smallest absolute Gasteiger partial charge is 0.119 e. The van der Waals surface area contributed by atoms with Gasteiger partial charge in [0.15, 0.2) is 0 Å². The van der Waals surface area contributed by atoms with Gasteiger partial charge >= 0.3 is 0 Å². The predicted molar refractivity (Wildman–Crippen MR) is 70.3 cm³/mol. The molecule has 0 radical (unpaired) electrons. The molecule has 1 heterocycles. The maximum absolute atomic E-state index is 5.22. The fraction of sp³-hybridized carbons (Fsp3) is 0.357. The second kappa shape index (κ2) is 5.15. The van der Waals surface area contributed by atoms with Gasteiger partial charge in [-0.3, -0.25) is 4.98 Å². The molecule has 17 heavy (non-hydrogen) atoms. The van der Waals surface area contributed by atoms with Crippen LogP contribution in [0.25, 0.3) is 10.8 Å². The van der Waals surface area contributed by atoms with E-state index < -0.39 is 0 Å². The minimum atomic E-state index is 0.463. The van der Waals surface area contributed by atoms with Crippen LogP contribution in [0.5, 0.6) is 5.75 Å². The van der Waals surface area contributed by atoms with E-state index in [0.717, 1.165) is 18.0 Å². The van der Waals surface area contributed by atoms with Crippen LogP contribution in [0.2, 0.25) is 0 Å². The highest BCUT2D eigenvalue weighted by Gasteiger charge is 2.04. The Hall–Kier alpha value is -1.61. The van der Waals surface area contributed by atoms with E-state index in [0.29, 0.717) is 6.04 Å². The molecule has 0 atom stereocenters. The van der Waals surface area contributed by atoms with Crippen molar-refractivity contribution in [2.24, 2.45) is 0 Å². The molecule has 3 heteroatoms. The minimum Gasteiger partial charge on any atom is -0.497 e. The number of hydrogen-bond donors (Lipinski definition) is 1. The number of methoxy groups -OCH3 is 1. The second-order valence-electron chi connectivity index (χ2n) is 4.38. The molecule has 0 bridgehead atoms. The quantitative estimate of drug-likeness (QED) is 0.877. The molecule has 2 aromatic rings. The minimum absolute atomic E-state index is 0.463. The Bertz CT molecular complexity index is 509. The molecule has 0 unspecified atom stereocenters. The Morgan fingerprint density at radius 3 is 2.82 bits per heavy atom. The predicted octanol–water partition coefficient (Wildman–Crippen LogP) is 2.74. The van der Waals surface area contributed by atoms with E-state index in [9.17, 15) is 0 Å². The fourth-order valence-corrected chi connectivity index (χ4v) is 1.79. The van der Waals surface area contributed by atoms with Crippen molar-refractivity contribution < 1.29 is 4.74 Å². The number of hydrogen-bond acceptors (Lipinski definition) is 3. The number of ether oxygens (including phenoxy) is 1. The van der Waals surface area contributed by atoms with E-state index in [1.165, 1.54) is 10.8 Å². The van der Waals surface area contributed by atoms with E-state index in [1.807, 2.05) is 24.4 Å². The summed E-state index contributed by atoms with van der Waals surface area (Å²) >= 11 is 0. The third-order valence-corrected chi connectivity index (χ3v) is 2.73. The van der Waals surface area contributed by atoms with Gasteiger partial charge in [-0.05, 0) is 29.7 Å². The molecule has 0 fully saturated rings. The fourth-order valence-electron chi connectivity index (χ4n) is 1.79. The van der Waals surface area contributed by atoms with Crippen molar-refractivity contribution in [3.05, 3.63) is 36.2 Å². The van der Waals surface area contributed by atoms with Crippen LogP contribution in [-0.4, -0.2) is 18.1 Å². The zero-order valence-electron chi connectivity index (χ0n) is 10.5. The molecule has 0 aliphatic carbocycles. The van der Waals surface area contributed by atoms with Crippen molar-refractivity contribution in [3.8, 4) is 5.75 Å². The van der Waals surface area contributed by atoms with Crippen molar-refractivity contribution >= 4 is 10.8 Å². The summed E-state index contributed by atoms with van der Waals surface area (Å²) in [6, 6.07) is 8.55. The van der Waals surface area contributed by atoms with Crippen LogP contribution < -0.4 is 10.1 Å². The number of fused-ring (bicyclic) bond motifs is 1. The molecular formula is C14H18N2O. The summed E-state index contributed by atoms with van der Waals surface area (Å²) in [5.41, 5.74) is 1.08. The topological polar surface area (TPSA) is 34.1 Å². The van der Waals surface area contributed by atoms with Crippen molar-refractivity contribution in [3.63, 3.8) is 0 Å². The lowest BCUT2D eigenvalue weighted by Gasteiger charge is -2.10. The van der Waals surface area contributed by atoms with Gasteiger partial charge in [0.2, 0.25) is 0 Å². The Morgan fingerprint density at radius 2 is 2.12 bits per heavy atom. The summed E-state index contributed by atoms with van der Waals surface area (Å²) in [6.07, 6.45) is 1.85. The molecule has 0 spiro atoms. The van der Waals surface area contributed by atoms with Crippen molar-refractivity contribution in [2.45, 2.75) is 26.4 Å². The molecule has 3 nitrogen and oxygen atoms in total. The highest BCUT2D eigenvalue weighted by Crippen LogP contribution is 2.22. The van der Waals surface area contributed by atoms with Crippen LogP contribution in [-0.2, 0) is 6.54 Å². The van der Waals surface area contributed by atoms with E-state index in [1.54, 1.807) is 7.11 Å². The molecule has 0 aliphatic heterocycles. The third-order valence-electron chi connectivity index (χ3n) is 2.73. The summed E-state index contributed by atoms with van der Waals surface area (Å²) < 4.78 is 5.22. The normalized spacial score (nSPS) is 11.1. The van der Waals surface area contributed by atoms with Crippen LogP contribution in [0.1, 0.15) is 19.5 Å². The molecular weight excluding hydrogens is 212 g/mol. The van der Waals surface area contributed by atoms with Gasteiger partial charge in [0, 0.05) is 24.2 Å². The first-order valence-electron chi connectivity index (χ1n) is 5.85. The van der Waals surface area contributed by atoms with Gasteiger partial charge < -0.3 is 10.1 Å². The summed E-state index contributed by atoms with van der Waals surface area (Å²) in [4.78, 5) is 4.43. The van der Waals surface area contributed by atoms with Crippen molar-refractivity contribution in [2.75, 3.05) is 7.11 Å². The van der Waals surface area contributed by atoms with E-state index in [-0.39, 0.29) is 0 Å². The average Bonchev–Trinajstić information content (AvgIpc) is 2.35. The Kier molecular flexibility index (Phi) is 3.59. The molecule has 0 aliphatic rings. The second-order valence-corrected chi connectivity index (χ2v) is 4.38. The number of nitrogens with one attached hydrogen (secondary N) is 1. The van der Waals surface area contributed by atoms with Crippen LogP contribution in [0.4, 0.5) is 0 Å².